The van der Waals surface area contributed by atoms with E-state index in [2.05, 4.69) is 4.72 Å². The van der Waals surface area contributed by atoms with E-state index in [0.29, 0.717) is 24.3 Å². The van der Waals surface area contributed by atoms with E-state index in [9.17, 15) is 26.8 Å². The van der Waals surface area contributed by atoms with Crippen LogP contribution in [0.3, 0.4) is 0 Å². The monoisotopic (exact) mass is 472 g/mol. The third-order valence-corrected chi connectivity index (χ3v) is 6.28. The second kappa shape index (κ2) is 10.8. The first-order chi connectivity index (χ1) is 15.0. The summed E-state index contributed by atoms with van der Waals surface area (Å²) in [6.45, 7) is 5.26. The summed E-state index contributed by atoms with van der Waals surface area (Å²) in [4.78, 5) is 23.9. The number of Topliss-reactive ketones (excluding diaryl/α,β-unsaturated/α-hetero) is 1. The zero-order valence-corrected chi connectivity index (χ0v) is 19.1. The molecule has 0 aliphatic heterocycles. The van der Waals surface area contributed by atoms with E-state index in [0.717, 1.165) is 17.5 Å². The maximum Gasteiger partial charge on any atom is 0.307 e. The summed E-state index contributed by atoms with van der Waals surface area (Å²) in [6.07, 6.45) is -0.347. The smallest absolute Gasteiger partial charge is 0.307 e. The van der Waals surface area contributed by atoms with Gasteiger partial charge >= 0.3 is 5.97 Å². The molecule has 0 saturated carbocycles. The fraction of sp³-hybridized carbons (Fsp3) is 0.429. The number of hydrogen-bond donors (Lipinski definition) is 1. The quantitative estimate of drug-likeness (QED) is 0.398. The lowest BCUT2D eigenvalue weighted by molar-refractivity contribution is -0.142. The summed E-state index contributed by atoms with van der Waals surface area (Å²) < 4.78 is 64.5. The highest BCUT2D eigenvalue weighted by atomic mass is 32.2. The fourth-order valence-electron chi connectivity index (χ4n) is 3.36. The van der Waals surface area contributed by atoms with Crippen LogP contribution in [-0.4, -0.2) is 51.6 Å². The van der Waals surface area contributed by atoms with E-state index in [1.54, 1.807) is 20.1 Å². The molecule has 0 aliphatic rings. The number of aryl methyl sites for hydroxylation is 1. The molecule has 0 bridgehead atoms. The number of nitrogens with one attached hydrogen (secondary N) is 1. The van der Waals surface area contributed by atoms with Crippen molar-refractivity contribution < 1.29 is 36.3 Å². The number of hydrogen-bond acceptors (Lipinski definition) is 6. The Kier molecular flexibility index (Phi) is 8.65. The van der Waals surface area contributed by atoms with Gasteiger partial charge in [-0.05, 0) is 45.0 Å². The molecule has 1 aromatic carbocycles. The third kappa shape index (κ3) is 6.21. The molecule has 8 nitrogen and oxygen atoms in total. The molecular weight excluding hydrogens is 446 g/mol. The number of rotatable bonds is 11. The second-order valence-electron chi connectivity index (χ2n) is 7.27. The third-order valence-electron chi connectivity index (χ3n) is 4.82. The Morgan fingerprint density at radius 1 is 1.16 bits per heavy atom. The van der Waals surface area contributed by atoms with E-state index in [1.165, 1.54) is 0 Å². The van der Waals surface area contributed by atoms with Crippen molar-refractivity contribution in [3.05, 3.63) is 52.9 Å². The summed E-state index contributed by atoms with van der Waals surface area (Å²) in [5, 5.41) is 0. The molecule has 1 unspecified atom stereocenters. The molecule has 1 atom stereocenters. The molecule has 1 aromatic heterocycles. The van der Waals surface area contributed by atoms with Crippen LogP contribution in [0.5, 0.6) is 0 Å². The van der Waals surface area contributed by atoms with Crippen molar-refractivity contribution in [3.63, 3.8) is 0 Å². The molecule has 0 saturated heterocycles. The Morgan fingerprint density at radius 3 is 2.47 bits per heavy atom. The Labute approximate surface area is 185 Å². The number of carbonyl (C=O) groups excluding carboxylic acids is 2. The number of nitrogens with zero attached hydrogens (tertiary/aromatic N) is 1. The summed E-state index contributed by atoms with van der Waals surface area (Å²) in [5.74, 6) is -3.65. The number of carbonyl (C=O) groups is 2. The Balaban J connectivity index is 1.89. The maximum atomic E-state index is 13.2. The fourth-order valence-corrected chi connectivity index (χ4v) is 4.41. The average molecular weight is 473 g/mol. The standard InChI is InChI=1S/C21H26F2N2O6S/c1-13-9-17(15(3)25(13)14(2)11-30-4)20(26)12-31-21(27)7-8-24-32(28,29)16-5-6-18(22)19(23)10-16/h5-6,9-10,14,24H,7-8,11-12H2,1-4H3. The van der Waals surface area contributed by atoms with Gasteiger partial charge in [-0.25, -0.2) is 21.9 Å². The van der Waals surface area contributed by atoms with Gasteiger partial charge in [0.05, 0.1) is 24.0 Å². The Hall–Kier alpha value is -2.63. The zero-order chi connectivity index (χ0) is 24.1. The molecule has 32 heavy (non-hydrogen) atoms. The van der Waals surface area contributed by atoms with Crippen LogP contribution in [0.25, 0.3) is 0 Å². The van der Waals surface area contributed by atoms with Crippen LogP contribution in [0, 0.1) is 25.5 Å². The van der Waals surface area contributed by atoms with Gasteiger partial charge in [-0.2, -0.15) is 0 Å². The van der Waals surface area contributed by atoms with Crippen molar-refractivity contribution in [2.45, 2.75) is 38.1 Å². The van der Waals surface area contributed by atoms with Crippen molar-refractivity contribution in [1.82, 2.24) is 9.29 Å². The van der Waals surface area contributed by atoms with Gasteiger partial charge < -0.3 is 14.0 Å². The molecule has 0 fully saturated rings. The highest BCUT2D eigenvalue weighted by molar-refractivity contribution is 7.89. The Bertz CT molecular complexity index is 1100. The van der Waals surface area contributed by atoms with Crippen molar-refractivity contribution in [3.8, 4) is 0 Å². The van der Waals surface area contributed by atoms with E-state index >= 15 is 0 Å². The predicted octanol–water partition coefficient (Wildman–Crippen LogP) is 2.69. The number of sulfonamides is 1. The van der Waals surface area contributed by atoms with Crippen molar-refractivity contribution >= 4 is 21.8 Å². The highest BCUT2D eigenvalue weighted by Gasteiger charge is 2.21. The van der Waals surface area contributed by atoms with Gasteiger partial charge in [0.15, 0.2) is 18.2 Å². The topological polar surface area (TPSA) is 104 Å². The van der Waals surface area contributed by atoms with E-state index in [1.807, 2.05) is 18.4 Å². The zero-order valence-electron chi connectivity index (χ0n) is 18.3. The number of benzene rings is 1. The molecule has 2 aromatic rings. The summed E-state index contributed by atoms with van der Waals surface area (Å²) in [6, 6.07) is 3.87. The second-order valence-corrected chi connectivity index (χ2v) is 9.03. The minimum absolute atomic E-state index is 0.0201. The summed E-state index contributed by atoms with van der Waals surface area (Å²) in [7, 11) is -2.54. The van der Waals surface area contributed by atoms with Crippen molar-refractivity contribution in [2.75, 3.05) is 26.9 Å². The van der Waals surface area contributed by atoms with Gasteiger partial charge in [-0.1, -0.05) is 0 Å². The van der Waals surface area contributed by atoms with Gasteiger partial charge in [0.1, 0.15) is 0 Å². The van der Waals surface area contributed by atoms with Crippen LogP contribution in [0.1, 0.15) is 41.1 Å². The van der Waals surface area contributed by atoms with E-state index < -0.39 is 39.1 Å². The molecule has 1 N–H and O–H groups in total. The van der Waals surface area contributed by atoms with Gasteiger partial charge in [-0.3, -0.25) is 9.59 Å². The maximum absolute atomic E-state index is 13.2. The lowest BCUT2D eigenvalue weighted by Gasteiger charge is -2.17. The van der Waals surface area contributed by atoms with Crippen LogP contribution in [0.2, 0.25) is 0 Å². The summed E-state index contributed by atoms with van der Waals surface area (Å²) >= 11 is 0. The first-order valence-electron chi connectivity index (χ1n) is 9.78. The average Bonchev–Trinajstić information content (AvgIpc) is 3.02. The number of ketones is 1. The number of esters is 1. The SMILES string of the molecule is COCC(C)n1c(C)cc(C(=O)COC(=O)CCNS(=O)(=O)c2ccc(F)c(F)c2)c1C. The minimum atomic E-state index is -4.13. The number of ether oxygens (including phenoxy) is 2. The van der Waals surface area contributed by atoms with Gasteiger partial charge in [0.25, 0.3) is 0 Å². The van der Waals surface area contributed by atoms with Crippen LogP contribution in [0.15, 0.2) is 29.2 Å². The van der Waals surface area contributed by atoms with E-state index in [4.69, 9.17) is 9.47 Å². The molecule has 0 aliphatic carbocycles. The van der Waals surface area contributed by atoms with Crippen LogP contribution in [0.4, 0.5) is 8.78 Å². The molecule has 2 rings (SSSR count). The lowest BCUT2D eigenvalue weighted by Crippen LogP contribution is -2.27. The molecular formula is C21H26F2N2O6S. The van der Waals surface area contributed by atoms with Crippen molar-refractivity contribution in [2.24, 2.45) is 0 Å². The predicted molar refractivity (Wildman–Crippen MR) is 112 cm³/mol. The summed E-state index contributed by atoms with van der Waals surface area (Å²) in [5.41, 5.74) is 2.03. The number of aromatic nitrogens is 1. The number of methoxy groups -OCH3 is 1. The first kappa shape index (κ1) is 25.6. The molecule has 176 valence electrons. The van der Waals surface area contributed by atoms with Gasteiger partial charge in [0.2, 0.25) is 15.8 Å². The molecule has 0 spiro atoms. The van der Waals surface area contributed by atoms with E-state index in [-0.39, 0.29) is 24.8 Å². The van der Waals surface area contributed by atoms with Crippen LogP contribution < -0.4 is 4.72 Å². The number of halogens is 2. The molecule has 0 radical (unpaired) electrons. The van der Waals surface area contributed by atoms with Crippen molar-refractivity contribution in [1.29, 1.82) is 0 Å². The van der Waals surface area contributed by atoms with Crippen LogP contribution >= 0.6 is 0 Å². The van der Waals surface area contributed by atoms with Crippen LogP contribution in [-0.2, 0) is 24.3 Å². The van der Waals surface area contributed by atoms with Gasteiger partial charge in [0, 0.05) is 30.6 Å². The first-order valence-corrected chi connectivity index (χ1v) is 11.3. The van der Waals surface area contributed by atoms with Gasteiger partial charge in [-0.15, -0.1) is 0 Å². The molecule has 1 heterocycles. The molecule has 11 heteroatoms. The Morgan fingerprint density at radius 2 is 1.84 bits per heavy atom. The highest BCUT2D eigenvalue weighted by Crippen LogP contribution is 2.21. The molecule has 0 amide bonds. The lowest BCUT2D eigenvalue weighted by atomic mass is 10.1. The minimum Gasteiger partial charge on any atom is -0.457 e. The largest absolute Gasteiger partial charge is 0.457 e. The normalized spacial score (nSPS) is 12.6.